The standard InChI is InChI=1S/C17H24N2O2/c1-2-21-12-13-4-3-5-14(10-13)19-16(20)15-11-17(15)6-8-18-9-7-17/h3-5,10,15,18H,2,6-9,11-12H2,1H3,(H,19,20). The highest BCUT2D eigenvalue weighted by Crippen LogP contribution is 2.58. The maximum Gasteiger partial charge on any atom is 0.228 e. The van der Waals surface area contributed by atoms with E-state index in [9.17, 15) is 4.79 Å². The molecule has 0 aromatic heterocycles. The molecule has 2 fully saturated rings. The number of carbonyl (C=O) groups is 1. The molecule has 1 spiro atoms. The van der Waals surface area contributed by atoms with Crippen LogP contribution in [0.4, 0.5) is 5.69 Å². The van der Waals surface area contributed by atoms with Crippen LogP contribution in [-0.4, -0.2) is 25.6 Å². The van der Waals surface area contributed by atoms with Gasteiger partial charge in [0.2, 0.25) is 5.91 Å². The number of anilines is 1. The monoisotopic (exact) mass is 288 g/mol. The summed E-state index contributed by atoms with van der Waals surface area (Å²) in [6.07, 6.45) is 3.32. The number of hydrogen-bond donors (Lipinski definition) is 2. The van der Waals surface area contributed by atoms with Crippen LogP contribution >= 0.6 is 0 Å². The van der Waals surface area contributed by atoms with Gasteiger partial charge in [0.25, 0.3) is 0 Å². The van der Waals surface area contributed by atoms with Crippen LogP contribution in [0, 0.1) is 11.3 Å². The zero-order valence-corrected chi connectivity index (χ0v) is 12.7. The maximum atomic E-state index is 12.4. The predicted octanol–water partition coefficient (Wildman–Crippen LogP) is 2.55. The molecule has 1 saturated carbocycles. The van der Waals surface area contributed by atoms with E-state index in [1.165, 1.54) is 0 Å². The Balaban J connectivity index is 1.58. The number of amides is 1. The Kier molecular flexibility index (Phi) is 4.27. The number of carbonyl (C=O) groups excluding carboxylic acids is 1. The Morgan fingerprint density at radius 1 is 1.43 bits per heavy atom. The molecule has 1 amide bonds. The summed E-state index contributed by atoms with van der Waals surface area (Å²) in [5, 5.41) is 6.45. The van der Waals surface area contributed by atoms with E-state index in [0.717, 1.165) is 43.6 Å². The molecule has 4 heteroatoms. The van der Waals surface area contributed by atoms with Gasteiger partial charge < -0.3 is 15.4 Å². The Bertz CT molecular complexity index is 509. The zero-order chi connectivity index (χ0) is 14.7. The third-order valence-corrected chi connectivity index (χ3v) is 4.77. The fourth-order valence-electron chi connectivity index (χ4n) is 3.38. The van der Waals surface area contributed by atoms with Crippen LogP contribution in [0.2, 0.25) is 0 Å². The van der Waals surface area contributed by atoms with E-state index in [1.807, 2.05) is 31.2 Å². The van der Waals surface area contributed by atoms with Crippen LogP contribution in [0.25, 0.3) is 0 Å². The molecule has 1 aliphatic heterocycles. The molecular weight excluding hydrogens is 264 g/mol. The van der Waals surface area contributed by atoms with Gasteiger partial charge in [0, 0.05) is 18.2 Å². The van der Waals surface area contributed by atoms with E-state index < -0.39 is 0 Å². The summed E-state index contributed by atoms with van der Waals surface area (Å²) in [6, 6.07) is 7.95. The first-order chi connectivity index (χ1) is 10.2. The molecular formula is C17H24N2O2. The molecule has 1 heterocycles. The van der Waals surface area contributed by atoms with Crippen molar-refractivity contribution in [3.8, 4) is 0 Å². The van der Waals surface area contributed by atoms with Gasteiger partial charge in [-0.15, -0.1) is 0 Å². The number of hydrogen-bond acceptors (Lipinski definition) is 3. The molecule has 0 bridgehead atoms. The first kappa shape index (κ1) is 14.5. The van der Waals surface area contributed by atoms with Crippen LogP contribution in [0.3, 0.4) is 0 Å². The van der Waals surface area contributed by atoms with Crippen molar-refractivity contribution < 1.29 is 9.53 Å². The third-order valence-electron chi connectivity index (χ3n) is 4.77. The Labute approximate surface area is 126 Å². The van der Waals surface area contributed by atoms with Gasteiger partial charge in [0.15, 0.2) is 0 Å². The highest BCUT2D eigenvalue weighted by atomic mass is 16.5. The molecule has 1 atom stereocenters. The first-order valence-corrected chi connectivity index (χ1v) is 7.92. The minimum atomic E-state index is 0.186. The Morgan fingerprint density at radius 3 is 3.00 bits per heavy atom. The number of rotatable bonds is 5. The smallest absolute Gasteiger partial charge is 0.228 e. The van der Waals surface area contributed by atoms with Gasteiger partial charge in [-0.25, -0.2) is 0 Å². The lowest BCUT2D eigenvalue weighted by Gasteiger charge is -2.23. The molecule has 2 N–H and O–H groups in total. The van der Waals surface area contributed by atoms with Crippen molar-refractivity contribution in [2.75, 3.05) is 25.0 Å². The van der Waals surface area contributed by atoms with Gasteiger partial charge in [-0.2, -0.15) is 0 Å². The Morgan fingerprint density at radius 2 is 2.24 bits per heavy atom. The molecule has 4 nitrogen and oxygen atoms in total. The normalized spacial score (nSPS) is 23.0. The zero-order valence-electron chi connectivity index (χ0n) is 12.7. The van der Waals surface area contributed by atoms with Crippen LogP contribution in [-0.2, 0) is 16.1 Å². The molecule has 0 radical (unpaired) electrons. The van der Waals surface area contributed by atoms with E-state index in [0.29, 0.717) is 13.2 Å². The van der Waals surface area contributed by atoms with Crippen molar-refractivity contribution in [3.05, 3.63) is 29.8 Å². The molecule has 3 rings (SSSR count). The number of ether oxygens (including phenoxy) is 1. The van der Waals surface area contributed by atoms with E-state index in [2.05, 4.69) is 10.6 Å². The lowest BCUT2D eigenvalue weighted by atomic mass is 9.92. The van der Waals surface area contributed by atoms with E-state index in [1.54, 1.807) is 0 Å². The lowest BCUT2D eigenvalue weighted by molar-refractivity contribution is -0.118. The minimum absolute atomic E-state index is 0.186. The van der Waals surface area contributed by atoms with Crippen molar-refractivity contribution in [2.45, 2.75) is 32.8 Å². The number of piperidine rings is 1. The van der Waals surface area contributed by atoms with Crippen LogP contribution in [0.1, 0.15) is 31.7 Å². The summed E-state index contributed by atoms with van der Waals surface area (Å²) >= 11 is 0. The molecule has 1 aromatic carbocycles. The lowest BCUT2D eigenvalue weighted by Crippen LogP contribution is -2.31. The van der Waals surface area contributed by atoms with Gasteiger partial charge in [0.1, 0.15) is 0 Å². The van der Waals surface area contributed by atoms with Gasteiger partial charge in [0.05, 0.1) is 6.61 Å². The van der Waals surface area contributed by atoms with Gasteiger partial charge in [-0.05, 0) is 62.4 Å². The van der Waals surface area contributed by atoms with Gasteiger partial charge >= 0.3 is 0 Å². The highest BCUT2D eigenvalue weighted by molar-refractivity contribution is 5.95. The summed E-state index contributed by atoms with van der Waals surface area (Å²) < 4.78 is 5.41. The Hall–Kier alpha value is -1.39. The second-order valence-corrected chi connectivity index (χ2v) is 6.20. The average Bonchev–Trinajstić information content (AvgIpc) is 3.20. The van der Waals surface area contributed by atoms with E-state index in [-0.39, 0.29) is 17.2 Å². The molecule has 1 aliphatic carbocycles. The summed E-state index contributed by atoms with van der Waals surface area (Å²) in [6.45, 7) is 5.38. The average molecular weight is 288 g/mol. The predicted molar refractivity (Wildman–Crippen MR) is 83.0 cm³/mol. The molecule has 2 aliphatic rings. The second kappa shape index (κ2) is 6.16. The minimum Gasteiger partial charge on any atom is -0.377 e. The highest BCUT2D eigenvalue weighted by Gasteiger charge is 2.57. The van der Waals surface area contributed by atoms with E-state index >= 15 is 0 Å². The fourth-order valence-corrected chi connectivity index (χ4v) is 3.38. The fraction of sp³-hybridized carbons (Fsp3) is 0.588. The van der Waals surface area contributed by atoms with Crippen molar-refractivity contribution in [1.82, 2.24) is 5.32 Å². The van der Waals surface area contributed by atoms with Crippen LogP contribution in [0.5, 0.6) is 0 Å². The van der Waals surface area contributed by atoms with Crippen LogP contribution < -0.4 is 10.6 Å². The SMILES string of the molecule is CCOCc1cccc(NC(=O)C2CC23CCNCC3)c1. The summed E-state index contributed by atoms with van der Waals surface area (Å²) in [4.78, 5) is 12.4. The van der Waals surface area contributed by atoms with Crippen molar-refractivity contribution in [1.29, 1.82) is 0 Å². The van der Waals surface area contributed by atoms with Crippen molar-refractivity contribution >= 4 is 11.6 Å². The second-order valence-electron chi connectivity index (χ2n) is 6.20. The quantitative estimate of drug-likeness (QED) is 0.875. The van der Waals surface area contributed by atoms with Gasteiger partial charge in [-0.3, -0.25) is 4.79 Å². The molecule has 1 saturated heterocycles. The summed E-state index contributed by atoms with van der Waals surface area (Å²) in [7, 11) is 0. The molecule has 1 unspecified atom stereocenters. The maximum absolute atomic E-state index is 12.4. The molecule has 114 valence electrons. The molecule has 1 aromatic rings. The third kappa shape index (κ3) is 3.27. The molecule has 21 heavy (non-hydrogen) atoms. The van der Waals surface area contributed by atoms with Crippen LogP contribution in [0.15, 0.2) is 24.3 Å². The number of nitrogens with one attached hydrogen (secondary N) is 2. The summed E-state index contributed by atoms with van der Waals surface area (Å²) in [5.41, 5.74) is 2.27. The largest absolute Gasteiger partial charge is 0.377 e. The summed E-state index contributed by atoms with van der Waals surface area (Å²) in [5.74, 6) is 0.389. The van der Waals surface area contributed by atoms with Gasteiger partial charge in [-0.1, -0.05) is 12.1 Å². The number of benzene rings is 1. The van der Waals surface area contributed by atoms with Crippen molar-refractivity contribution in [2.24, 2.45) is 11.3 Å². The first-order valence-electron chi connectivity index (χ1n) is 7.92. The van der Waals surface area contributed by atoms with Crippen molar-refractivity contribution in [3.63, 3.8) is 0 Å². The van der Waals surface area contributed by atoms with E-state index in [4.69, 9.17) is 4.74 Å². The topological polar surface area (TPSA) is 50.4 Å².